The molecule has 25 heavy (non-hydrogen) atoms. The van der Waals surface area contributed by atoms with E-state index in [1.54, 1.807) is 23.1 Å². The van der Waals surface area contributed by atoms with Gasteiger partial charge in [0.15, 0.2) is 0 Å². The highest BCUT2D eigenvalue weighted by atomic mass is 19.1. The Hall–Kier alpha value is -2.69. The number of carbonyl (C=O) groups excluding carboxylic acids is 1. The number of hydrogen-bond acceptors (Lipinski definition) is 2. The summed E-state index contributed by atoms with van der Waals surface area (Å²) in [4.78, 5) is 18.7. The smallest absolute Gasteiger partial charge is 0.256 e. The van der Waals surface area contributed by atoms with Gasteiger partial charge in [-0.2, -0.15) is 0 Å². The molecule has 0 aliphatic carbocycles. The van der Waals surface area contributed by atoms with Gasteiger partial charge in [0.2, 0.25) is 0 Å². The van der Waals surface area contributed by atoms with E-state index in [4.69, 9.17) is 0 Å². The van der Waals surface area contributed by atoms with E-state index in [2.05, 4.69) is 15.6 Å². The van der Waals surface area contributed by atoms with Crippen LogP contribution in [0.4, 0.5) is 4.39 Å². The highest BCUT2D eigenvalue weighted by Gasteiger charge is 2.25. The molecule has 1 aliphatic heterocycles. The van der Waals surface area contributed by atoms with Crippen LogP contribution in [0, 0.1) is 11.7 Å². The number of aromatic nitrogens is 2. The fourth-order valence-electron chi connectivity index (χ4n) is 3.56. The summed E-state index contributed by atoms with van der Waals surface area (Å²) in [5, 5.41) is 0. The minimum absolute atomic E-state index is 0.168. The van der Waals surface area contributed by atoms with Gasteiger partial charge in [0.25, 0.3) is 5.91 Å². The van der Waals surface area contributed by atoms with Crippen LogP contribution in [0.1, 0.15) is 23.2 Å². The summed E-state index contributed by atoms with van der Waals surface area (Å²) < 4.78 is 16.0. The highest BCUT2D eigenvalue weighted by molar-refractivity contribution is 5.94. The molecule has 4 nitrogen and oxygen atoms in total. The van der Waals surface area contributed by atoms with E-state index in [0.29, 0.717) is 19.0 Å². The Morgan fingerprint density at radius 2 is 1.80 bits per heavy atom. The second-order valence-electron chi connectivity index (χ2n) is 6.60. The first-order valence-electron chi connectivity index (χ1n) is 8.66. The fourth-order valence-corrected chi connectivity index (χ4v) is 3.56. The highest BCUT2D eigenvalue weighted by Crippen LogP contribution is 2.23. The monoisotopic (exact) mass is 337 g/mol. The van der Waals surface area contributed by atoms with Crippen molar-refractivity contribution in [3.63, 3.8) is 0 Å². The van der Waals surface area contributed by atoms with Gasteiger partial charge in [-0.05, 0) is 43.0 Å². The number of nitrogens with zero attached hydrogens (tertiary/aromatic N) is 3. The van der Waals surface area contributed by atoms with Crippen molar-refractivity contribution in [1.29, 1.82) is 0 Å². The van der Waals surface area contributed by atoms with Crippen molar-refractivity contribution >= 4 is 16.9 Å². The summed E-state index contributed by atoms with van der Waals surface area (Å²) in [5.41, 5.74) is 2.32. The average Bonchev–Trinajstić information content (AvgIpc) is 3.05. The minimum atomic E-state index is -0.445. The van der Waals surface area contributed by atoms with Crippen molar-refractivity contribution in [2.24, 2.45) is 5.92 Å². The Balaban J connectivity index is 1.40. The predicted octanol–water partition coefficient (Wildman–Crippen LogP) is 3.73. The van der Waals surface area contributed by atoms with E-state index in [-0.39, 0.29) is 11.5 Å². The summed E-state index contributed by atoms with van der Waals surface area (Å²) in [5.74, 6) is -0.147. The van der Waals surface area contributed by atoms with Crippen LogP contribution in [0.3, 0.4) is 0 Å². The first-order chi connectivity index (χ1) is 12.2. The molecule has 5 heteroatoms. The normalized spacial score (nSPS) is 15.6. The zero-order valence-electron chi connectivity index (χ0n) is 13.9. The molecule has 0 spiro atoms. The van der Waals surface area contributed by atoms with E-state index in [1.165, 1.54) is 6.07 Å². The van der Waals surface area contributed by atoms with Gasteiger partial charge in [0.1, 0.15) is 5.82 Å². The number of carbonyl (C=O) groups is 1. The number of halogens is 1. The van der Waals surface area contributed by atoms with Gasteiger partial charge in [-0.15, -0.1) is 0 Å². The Kier molecular flexibility index (Phi) is 4.22. The van der Waals surface area contributed by atoms with Crippen molar-refractivity contribution in [2.75, 3.05) is 13.1 Å². The van der Waals surface area contributed by atoms with E-state index >= 15 is 0 Å². The molecule has 4 rings (SSSR count). The lowest BCUT2D eigenvalue weighted by molar-refractivity contribution is 0.0678. The summed E-state index contributed by atoms with van der Waals surface area (Å²) in [6, 6.07) is 14.3. The molecule has 1 amide bonds. The molecular weight excluding hydrogens is 317 g/mol. The van der Waals surface area contributed by atoms with Gasteiger partial charge < -0.3 is 9.47 Å². The number of hydrogen-bond donors (Lipinski definition) is 0. The van der Waals surface area contributed by atoms with Crippen LogP contribution in [-0.4, -0.2) is 33.4 Å². The van der Waals surface area contributed by atoms with Crippen LogP contribution in [0.25, 0.3) is 11.0 Å². The second-order valence-corrected chi connectivity index (χ2v) is 6.60. The number of rotatable bonds is 3. The lowest BCUT2D eigenvalue weighted by Gasteiger charge is -2.32. The molecule has 1 aliphatic rings. The maximum absolute atomic E-state index is 13.8. The Morgan fingerprint density at radius 3 is 2.60 bits per heavy atom. The van der Waals surface area contributed by atoms with E-state index in [9.17, 15) is 9.18 Å². The summed E-state index contributed by atoms with van der Waals surface area (Å²) in [6.07, 6.45) is 3.74. The molecule has 0 atom stereocenters. The fraction of sp³-hybridized carbons (Fsp3) is 0.300. The number of amides is 1. The standard InChI is InChI=1S/C20H20FN3O/c21-17-6-2-1-5-16(17)20(25)23-11-9-15(10-12-23)13-24-14-22-18-7-3-4-8-19(18)24/h1-8,14-15H,9-13H2. The van der Waals surface area contributed by atoms with Crippen molar-refractivity contribution in [3.05, 3.63) is 66.2 Å². The van der Waals surface area contributed by atoms with Crippen molar-refractivity contribution in [2.45, 2.75) is 19.4 Å². The van der Waals surface area contributed by atoms with Gasteiger partial charge in [-0.1, -0.05) is 24.3 Å². The molecule has 2 heterocycles. The quantitative estimate of drug-likeness (QED) is 0.730. The van der Waals surface area contributed by atoms with Crippen LogP contribution in [-0.2, 0) is 6.54 Å². The summed E-state index contributed by atoms with van der Waals surface area (Å²) >= 11 is 0. The molecule has 2 aromatic carbocycles. The van der Waals surface area contributed by atoms with Gasteiger partial charge in [-0.25, -0.2) is 9.37 Å². The van der Waals surface area contributed by atoms with Crippen molar-refractivity contribution in [3.8, 4) is 0 Å². The maximum atomic E-state index is 13.8. The summed E-state index contributed by atoms with van der Waals surface area (Å²) in [7, 11) is 0. The van der Waals surface area contributed by atoms with Crippen LogP contribution in [0.5, 0.6) is 0 Å². The van der Waals surface area contributed by atoms with Crippen LogP contribution >= 0.6 is 0 Å². The molecule has 1 fully saturated rings. The molecule has 1 aromatic heterocycles. The van der Waals surface area contributed by atoms with E-state index in [1.807, 2.05) is 24.5 Å². The molecule has 0 bridgehead atoms. The van der Waals surface area contributed by atoms with Gasteiger partial charge in [-0.3, -0.25) is 4.79 Å². The molecular formula is C20H20FN3O. The number of fused-ring (bicyclic) bond motifs is 1. The van der Waals surface area contributed by atoms with Crippen molar-refractivity contribution in [1.82, 2.24) is 14.5 Å². The third kappa shape index (κ3) is 3.14. The molecule has 0 radical (unpaired) electrons. The molecule has 0 N–H and O–H groups in total. The summed E-state index contributed by atoms with van der Waals surface area (Å²) in [6.45, 7) is 2.25. The minimum Gasteiger partial charge on any atom is -0.339 e. The van der Waals surface area contributed by atoms with Gasteiger partial charge in [0, 0.05) is 19.6 Å². The number of para-hydroxylation sites is 2. The number of benzene rings is 2. The number of likely N-dealkylation sites (tertiary alicyclic amines) is 1. The van der Waals surface area contributed by atoms with Gasteiger partial charge in [0.05, 0.1) is 22.9 Å². The molecule has 128 valence electrons. The molecule has 0 saturated carbocycles. The van der Waals surface area contributed by atoms with Gasteiger partial charge >= 0.3 is 0 Å². The largest absolute Gasteiger partial charge is 0.339 e. The first-order valence-corrected chi connectivity index (χ1v) is 8.66. The second kappa shape index (κ2) is 6.67. The SMILES string of the molecule is O=C(c1ccccc1F)N1CCC(Cn2cnc3ccccc32)CC1. The molecule has 3 aromatic rings. The number of piperidine rings is 1. The lowest BCUT2D eigenvalue weighted by Crippen LogP contribution is -2.39. The van der Waals surface area contributed by atoms with Crippen LogP contribution in [0.15, 0.2) is 54.9 Å². The molecule has 0 unspecified atom stereocenters. The number of imidazole rings is 1. The van der Waals surface area contributed by atoms with E-state index < -0.39 is 5.82 Å². The van der Waals surface area contributed by atoms with Crippen LogP contribution < -0.4 is 0 Å². The Labute approximate surface area is 145 Å². The first kappa shape index (κ1) is 15.8. The zero-order chi connectivity index (χ0) is 17.2. The Morgan fingerprint density at radius 1 is 1.08 bits per heavy atom. The molecule has 1 saturated heterocycles. The maximum Gasteiger partial charge on any atom is 0.256 e. The third-order valence-corrected chi connectivity index (χ3v) is 4.99. The predicted molar refractivity (Wildman–Crippen MR) is 94.8 cm³/mol. The lowest BCUT2D eigenvalue weighted by atomic mass is 9.96. The average molecular weight is 337 g/mol. The zero-order valence-corrected chi connectivity index (χ0v) is 13.9. The van der Waals surface area contributed by atoms with Crippen LogP contribution in [0.2, 0.25) is 0 Å². The van der Waals surface area contributed by atoms with Crippen molar-refractivity contribution < 1.29 is 9.18 Å². The topological polar surface area (TPSA) is 38.1 Å². The Bertz CT molecular complexity index is 897. The van der Waals surface area contributed by atoms with E-state index in [0.717, 1.165) is 30.4 Å². The third-order valence-electron chi connectivity index (χ3n) is 4.99.